The summed E-state index contributed by atoms with van der Waals surface area (Å²) in [7, 11) is 0. The molecule has 18 heavy (non-hydrogen) atoms. The highest BCUT2D eigenvalue weighted by molar-refractivity contribution is 5.99. The Morgan fingerprint density at radius 3 is 2.72 bits per heavy atom. The fourth-order valence-electron chi connectivity index (χ4n) is 1.71. The van der Waals surface area contributed by atoms with Gasteiger partial charge in [0.25, 0.3) is 5.91 Å². The number of aliphatic hydroxyl groups excluding tert-OH is 1. The molecule has 1 amide bonds. The first-order valence-electron chi connectivity index (χ1n) is 5.69. The number of carbonyl (C=O) groups is 1. The second-order valence-corrected chi connectivity index (χ2v) is 4.12. The summed E-state index contributed by atoms with van der Waals surface area (Å²) in [6, 6.07) is 4.06. The maximum atomic E-state index is 13.5. The molecule has 0 radical (unpaired) electrons. The van der Waals surface area contributed by atoms with E-state index in [1.165, 1.54) is 23.1 Å². The summed E-state index contributed by atoms with van der Waals surface area (Å²) in [6.45, 7) is 3.69. The van der Waals surface area contributed by atoms with Gasteiger partial charge in [0.05, 0.1) is 17.9 Å². The number of rotatable bonds is 5. The van der Waals surface area contributed by atoms with Crippen LogP contribution in [0.5, 0.6) is 0 Å². The Morgan fingerprint density at radius 2 is 2.22 bits per heavy atom. The molecule has 5 nitrogen and oxygen atoms in total. The molecule has 0 saturated heterocycles. The lowest BCUT2D eigenvalue weighted by Gasteiger charge is -2.26. The molecule has 0 atom stereocenters. The van der Waals surface area contributed by atoms with Crippen LogP contribution in [0, 0.1) is 5.82 Å². The summed E-state index contributed by atoms with van der Waals surface area (Å²) in [6.07, 6.45) is 0. The summed E-state index contributed by atoms with van der Waals surface area (Å²) >= 11 is 0. The van der Waals surface area contributed by atoms with Crippen molar-refractivity contribution in [1.82, 2.24) is 4.90 Å². The summed E-state index contributed by atoms with van der Waals surface area (Å²) in [4.78, 5) is 13.7. The molecule has 0 aliphatic rings. The van der Waals surface area contributed by atoms with Crippen molar-refractivity contribution < 1.29 is 14.3 Å². The number of amides is 1. The van der Waals surface area contributed by atoms with E-state index < -0.39 is 5.82 Å². The van der Waals surface area contributed by atoms with E-state index in [9.17, 15) is 9.18 Å². The van der Waals surface area contributed by atoms with Crippen LogP contribution in [0.1, 0.15) is 24.2 Å². The predicted octanol–water partition coefficient (Wildman–Crippen LogP) is 0.954. The van der Waals surface area contributed by atoms with Gasteiger partial charge in [-0.15, -0.1) is 0 Å². The molecule has 100 valence electrons. The van der Waals surface area contributed by atoms with Crippen molar-refractivity contribution in [3.05, 3.63) is 29.6 Å². The first kappa shape index (κ1) is 14.4. The lowest BCUT2D eigenvalue weighted by molar-refractivity contribution is 0.0666. The van der Waals surface area contributed by atoms with Gasteiger partial charge in [-0.3, -0.25) is 10.6 Å². The highest BCUT2D eigenvalue weighted by Crippen LogP contribution is 2.21. The van der Waals surface area contributed by atoms with Crippen LogP contribution in [0.2, 0.25) is 0 Å². The van der Waals surface area contributed by atoms with Gasteiger partial charge in [-0.05, 0) is 26.0 Å². The molecular weight excluding hydrogens is 237 g/mol. The van der Waals surface area contributed by atoms with Crippen molar-refractivity contribution in [3.8, 4) is 0 Å². The van der Waals surface area contributed by atoms with Crippen LogP contribution >= 0.6 is 0 Å². The minimum absolute atomic E-state index is 0.0360. The van der Waals surface area contributed by atoms with Gasteiger partial charge >= 0.3 is 0 Å². The van der Waals surface area contributed by atoms with E-state index in [0.29, 0.717) is 0 Å². The molecule has 0 fully saturated rings. The van der Waals surface area contributed by atoms with Gasteiger partial charge in [0, 0.05) is 12.6 Å². The molecule has 0 unspecified atom stereocenters. The number of para-hydroxylation sites is 1. The van der Waals surface area contributed by atoms with Gasteiger partial charge in [0.2, 0.25) is 0 Å². The number of hydrogen-bond acceptors (Lipinski definition) is 4. The molecule has 0 spiro atoms. The Morgan fingerprint density at radius 1 is 1.56 bits per heavy atom. The number of aliphatic hydroxyl groups is 1. The quantitative estimate of drug-likeness (QED) is 0.541. The van der Waals surface area contributed by atoms with Crippen molar-refractivity contribution in [1.29, 1.82) is 0 Å². The minimum Gasteiger partial charge on any atom is -0.395 e. The third-order valence-corrected chi connectivity index (χ3v) is 2.61. The Balaban J connectivity index is 3.12. The Bertz CT molecular complexity index is 424. The third kappa shape index (κ3) is 2.96. The van der Waals surface area contributed by atoms with Gasteiger partial charge in [-0.2, -0.15) is 0 Å². The standard InChI is InChI=1S/C12H18FN3O2/c1-8(2)16(6-7-17)12(18)9-4-3-5-10(13)11(9)15-14/h3-5,8,15,17H,6-7,14H2,1-2H3. The lowest BCUT2D eigenvalue weighted by Crippen LogP contribution is -2.39. The van der Waals surface area contributed by atoms with Crippen LogP contribution in [0.15, 0.2) is 18.2 Å². The first-order chi connectivity index (χ1) is 8.52. The molecule has 1 rings (SSSR count). The summed E-state index contributed by atoms with van der Waals surface area (Å²) < 4.78 is 13.5. The Hall–Kier alpha value is -1.66. The van der Waals surface area contributed by atoms with Crippen molar-refractivity contribution in [2.75, 3.05) is 18.6 Å². The lowest BCUT2D eigenvalue weighted by atomic mass is 10.1. The van der Waals surface area contributed by atoms with Gasteiger partial charge in [-0.25, -0.2) is 4.39 Å². The normalized spacial score (nSPS) is 10.6. The maximum Gasteiger partial charge on any atom is 0.256 e. The smallest absolute Gasteiger partial charge is 0.256 e. The van der Waals surface area contributed by atoms with Gasteiger partial charge in [0.15, 0.2) is 0 Å². The van der Waals surface area contributed by atoms with Crippen LogP contribution in [0.3, 0.4) is 0 Å². The molecule has 0 bridgehead atoms. The van der Waals surface area contributed by atoms with Crippen LogP contribution in [-0.4, -0.2) is 35.1 Å². The van der Waals surface area contributed by atoms with Crippen molar-refractivity contribution in [3.63, 3.8) is 0 Å². The zero-order valence-corrected chi connectivity index (χ0v) is 10.5. The van der Waals surface area contributed by atoms with E-state index in [0.717, 1.165) is 0 Å². The van der Waals surface area contributed by atoms with Gasteiger partial charge < -0.3 is 15.4 Å². The molecule has 6 heteroatoms. The molecule has 0 aliphatic carbocycles. The second kappa shape index (κ2) is 6.32. The van der Waals surface area contributed by atoms with E-state index >= 15 is 0 Å². The van der Waals surface area contributed by atoms with E-state index in [1.54, 1.807) is 0 Å². The monoisotopic (exact) mass is 255 g/mol. The molecule has 0 aliphatic heterocycles. The second-order valence-electron chi connectivity index (χ2n) is 4.12. The molecule has 4 N–H and O–H groups in total. The summed E-state index contributed by atoms with van der Waals surface area (Å²) in [5.74, 6) is 4.27. The molecule has 0 saturated carbocycles. The largest absolute Gasteiger partial charge is 0.395 e. The summed E-state index contributed by atoms with van der Waals surface area (Å²) in [5, 5.41) is 8.95. The highest BCUT2D eigenvalue weighted by atomic mass is 19.1. The number of benzene rings is 1. The van der Waals surface area contributed by atoms with E-state index in [2.05, 4.69) is 5.43 Å². The molecular formula is C12H18FN3O2. The van der Waals surface area contributed by atoms with E-state index in [4.69, 9.17) is 10.9 Å². The van der Waals surface area contributed by atoms with E-state index in [1.807, 2.05) is 13.8 Å². The fourth-order valence-corrected chi connectivity index (χ4v) is 1.71. The predicted molar refractivity (Wildman–Crippen MR) is 67.5 cm³/mol. The van der Waals surface area contributed by atoms with Crippen molar-refractivity contribution >= 4 is 11.6 Å². The van der Waals surface area contributed by atoms with E-state index in [-0.39, 0.29) is 36.4 Å². The maximum absolute atomic E-state index is 13.5. The number of halogens is 1. The topological polar surface area (TPSA) is 78.6 Å². The Labute approximate surface area is 105 Å². The van der Waals surface area contributed by atoms with Crippen LogP contribution < -0.4 is 11.3 Å². The van der Waals surface area contributed by atoms with Crippen molar-refractivity contribution in [2.45, 2.75) is 19.9 Å². The third-order valence-electron chi connectivity index (χ3n) is 2.61. The molecule has 1 aromatic rings. The number of nitrogen functional groups attached to an aromatic ring is 1. The van der Waals surface area contributed by atoms with Crippen LogP contribution in [0.25, 0.3) is 0 Å². The zero-order chi connectivity index (χ0) is 13.7. The average molecular weight is 255 g/mol. The number of carbonyl (C=O) groups excluding carboxylic acids is 1. The zero-order valence-electron chi connectivity index (χ0n) is 10.5. The van der Waals surface area contributed by atoms with Crippen molar-refractivity contribution in [2.24, 2.45) is 5.84 Å². The molecule has 0 heterocycles. The van der Waals surface area contributed by atoms with Gasteiger partial charge in [0.1, 0.15) is 5.82 Å². The first-order valence-corrected chi connectivity index (χ1v) is 5.69. The Kier molecular flexibility index (Phi) is 5.06. The highest BCUT2D eigenvalue weighted by Gasteiger charge is 2.22. The fraction of sp³-hybridized carbons (Fsp3) is 0.417. The number of hydrazine groups is 1. The van der Waals surface area contributed by atoms with Gasteiger partial charge in [-0.1, -0.05) is 6.07 Å². The summed E-state index contributed by atoms with van der Waals surface area (Å²) in [5.41, 5.74) is 2.31. The number of hydrogen-bond donors (Lipinski definition) is 3. The molecule has 0 aromatic heterocycles. The number of nitrogens with zero attached hydrogens (tertiary/aromatic N) is 1. The minimum atomic E-state index is -0.587. The number of nitrogens with two attached hydrogens (primary N) is 1. The van der Waals surface area contributed by atoms with Crippen LogP contribution in [0.4, 0.5) is 10.1 Å². The SMILES string of the molecule is CC(C)N(CCO)C(=O)c1cccc(F)c1NN. The van der Waals surface area contributed by atoms with Crippen LogP contribution in [-0.2, 0) is 0 Å². The number of anilines is 1. The molecule has 1 aromatic carbocycles. The average Bonchev–Trinajstić information content (AvgIpc) is 2.34. The number of nitrogens with one attached hydrogen (secondary N) is 1.